The van der Waals surface area contributed by atoms with Crippen LogP contribution in [0, 0.1) is 34.5 Å². The molecule has 7 heteroatoms. The molecule has 4 aliphatic rings. The molecule has 0 aromatic heterocycles. The fourth-order valence-electron chi connectivity index (χ4n) is 7.39. The molecule has 0 radical (unpaired) electrons. The molecule has 6 nitrogen and oxygen atoms in total. The van der Waals surface area contributed by atoms with Crippen molar-refractivity contribution in [2.75, 3.05) is 13.0 Å². The number of ether oxygens (including phenoxy) is 1. The van der Waals surface area contributed by atoms with Crippen molar-refractivity contribution in [3.63, 3.8) is 0 Å². The second kappa shape index (κ2) is 7.01. The highest BCUT2D eigenvalue weighted by Crippen LogP contribution is 2.68. The normalized spacial score (nSPS) is 47.1. The molecule has 0 spiro atoms. The maximum Gasteiger partial charge on any atom is 0.312 e. The second-order valence-corrected chi connectivity index (χ2v) is 10.1. The minimum Gasteiger partial charge on any atom is -0.469 e. The number of aliphatic hydroxyl groups excluding tert-OH is 1. The van der Waals surface area contributed by atoms with Crippen molar-refractivity contribution in [1.29, 1.82) is 0 Å². The lowest BCUT2D eigenvalue weighted by atomic mass is 9.46. The van der Waals surface area contributed by atoms with Crippen LogP contribution in [0.15, 0.2) is 23.8 Å². The summed E-state index contributed by atoms with van der Waals surface area (Å²) in [6.07, 6.45) is 6.26. The average Bonchev–Trinajstić information content (AvgIpc) is 2.95. The number of aliphatic hydroxyl groups is 2. The summed E-state index contributed by atoms with van der Waals surface area (Å²) < 4.78 is 4.94. The minimum absolute atomic E-state index is 0.0111. The number of ketones is 2. The van der Waals surface area contributed by atoms with Gasteiger partial charge in [0.05, 0.1) is 25.0 Å². The van der Waals surface area contributed by atoms with Gasteiger partial charge in [-0.05, 0) is 49.7 Å². The van der Waals surface area contributed by atoms with Gasteiger partial charge in [-0.1, -0.05) is 25.5 Å². The quantitative estimate of drug-likeness (QED) is 0.519. The Morgan fingerprint density at radius 3 is 2.67 bits per heavy atom. The molecule has 0 aromatic carbocycles. The van der Waals surface area contributed by atoms with E-state index in [1.165, 1.54) is 7.11 Å². The third-order valence-electron chi connectivity index (χ3n) is 8.78. The Kier molecular flexibility index (Phi) is 5.07. The van der Waals surface area contributed by atoms with Gasteiger partial charge in [-0.3, -0.25) is 14.4 Å². The van der Waals surface area contributed by atoms with E-state index in [4.69, 9.17) is 16.3 Å². The Balaban J connectivity index is 1.81. The molecule has 0 aliphatic heterocycles. The lowest BCUT2D eigenvalue weighted by molar-refractivity contribution is -0.187. The SMILES string of the molecule is COC(=O)[C@@H]1C[C@H]2[C@@H]3CCC4=CC(=O)C=C[C@]4(C)[C@H]3[C@@H](O)C[C@]2(C)[C@@]1(O)C(=O)CCl. The summed E-state index contributed by atoms with van der Waals surface area (Å²) in [6.45, 7) is 3.85. The first-order chi connectivity index (χ1) is 14.0. The fourth-order valence-corrected chi connectivity index (χ4v) is 7.60. The topological polar surface area (TPSA) is 101 Å². The largest absolute Gasteiger partial charge is 0.469 e. The van der Waals surface area contributed by atoms with Crippen LogP contribution in [0.4, 0.5) is 0 Å². The summed E-state index contributed by atoms with van der Waals surface area (Å²) >= 11 is 5.86. The third-order valence-corrected chi connectivity index (χ3v) is 9.03. The van der Waals surface area contributed by atoms with Gasteiger partial charge in [0.25, 0.3) is 0 Å². The number of rotatable bonds is 3. The van der Waals surface area contributed by atoms with E-state index in [9.17, 15) is 24.6 Å². The molecule has 0 aromatic rings. The number of Topliss-reactive ketones (excluding diaryl/α,β-unsaturated/α-hetero) is 1. The van der Waals surface area contributed by atoms with E-state index in [1.54, 1.807) is 19.1 Å². The van der Waals surface area contributed by atoms with Gasteiger partial charge < -0.3 is 14.9 Å². The number of allylic oxidation sites excluding steroid dienone is 4. The lowest BCUT2D eigenvalue weighted by Gasteiger charge is -2.59. The Morgan fingerprint density at radius 1 is 1.33 bits per heavy atom. The van der Waals surface area contributed by atoms with Crippen molar-refractivity contribution < 1.29 is 29.3 Å². The molecule has 4 rings (SSSR count). The Hall–Kier alpha value is -1.50. The van der Waals surface area contributed by atoms with Crippen molar-refractivity contribution in [3.8, 4) is 0 Å². The Labute approximate surface area is 181 Å². The van der Waals surface area contributed by atoms with Gasteiger partial charge in [-0.15, -0.1) is 11.6 Å². The molecule has 8 atom stereocenters. The standard InChI is InChI=1S/C23H29ClO6/c1-21-7-6-13(25)8-12(21)4-5-14-15-9-16(20(28)30-3)23(29,18(27)11-24)22(15,2)10-17(26)19(14)21/h6-8,14-17,19,26,29H,4-5,9-11H2,1-3H3/t14-,15-,16-,17-,19+,21-,22-,23-/m0/s1. The van der Waals surface area contributed by atoms with Gasteiger partial charge >= 0.3 is 5.97 Å². The van der Waals surface area contributed by atoms with Crippen LogP contribution in [-0.4, -0.2) is 52.4 Å². The average molecular weight is 437 g/mol. The molecule has 3 saturated carbocycles. The van der Waals surface area contributed by atoms with Crippen molar-refractivity contribution in [3.05, 3.63) is 23.8 Å². The molecule has 3 fully saturated rings. The number of alkyl halides is 1. The van der Waals surface area contributed by atoms with Gasteiger partial charge in [0.1, 0.15) is 5.60 Å². The highest BCUT2D eigenvalue weighted by Gasteiger charge is 2.72. The van der Waals surface area contributed by atoms with Crippen LogP contribution in [0.1, 0.15) is 39.5 Å². The molecule has 0 amide bonds. The highest BCUT2D eigenvalue weighted by atomic mass is 35.5. The summed E-state index contributed by atoms with van der Waals surface area (Å²) in [5, 5.41) is 23.0. The Bertz CT molecular complexity index is 864. The number of carbonyl (C=O) groups excluding carboxylic acids is 3. The molecule has 164 valence electrons. The number of hydrogen-bond donors (Lipinski definition) is 2. The molecule has 0 unspecified atom stereocenters. The van der Waals surface area contributed by atoms with Gasteiger partial charge in [0.2, 0.25) is 0 Å². The summed E-state index contributed by atoms with van der Waals surface area (Å²) in [7, 11) is 1.25. The van der Waals surface area contributed by atoms with Crippen molar-refractivity contribution in [2.24, 2.45) is 34.5 Å². The molecule has 0 saturated heterocycles. The molecular formula is C23H29ClO6. The van der Waals surface area contributed by atoms with Gasteiger partial charge in [0.15, 0.2) is 11.6 Å². The zero-order valence-corrected chi connectivity index (χ0v) is 18.3. The first-order valence-corrected chi connectivity index (χ1v) is 11.1. The van der Waals surface area contributed by atoms with Crippen LogP contribution in [0.25, 0.3) is 0 Å². The summed E-state index contributed by atoms with van der Waals surface area (Å²) in [5.74, 6) is -3.00. The minimum atomic E-state index is -1.98. The van der Waals surface area contributed by atoms with Crippen LogP contribution in [0.2, 0.25) is 0 Å². The van der Waals surface area contributed by atoms with E-state index in [0.717, 1.165) is 12.0 Å². The number of halogens is 1. The van der Waals surface area contributed by atoms with E-state index in [-0.39, 0.29) is 30.0 Å². The summed E-state index contributed by atoms with van der Waals surface area (Å²) in [4.78, 5) is 37.4. The second-order valence-electron chi connectivity index (χ2n) is 9.85. The van der Waals surface area contributed by atoms with E-state index in [2.05, 4.69) is 0 Å². The van der Waals surface area contributed by atoms with E-state index in [1.807, 2.05) is 13.0 Å². The van der Waals surface area contributed by atoms with E-state index < -0.39 is 46.1 Å². The first kappa shape index (κ1) is 21.7. The third kappa shape index (κ3) is 2.59. The first-order valence-electron chi connectivity index (χ1n) is 10.6. The van der Waals surface area contributed by atoms with Crippen molar-refractivity contribution in [2.45, 2.75) is 51.2 Å². The predicted molar refractivity (Wildman–Crippen MR) is 110 cm³/mol. The fraction of sp³-hybridized carbons (Fsp3) is 0.696. The van der Waals surface area contributed by atoms with Crippen LogP contribution in [-0.2, 0) is 19.1 Å². The maximum atomic E-state index is 12.9. The molecule has 30 heavy (non-hydrogen) atoms. The van der Waals surface area contributed by atoms with Crippen LogP contribution >= 0.6 is 11.6 Å². The van der Waals surface area contributed by atoms with Crippen LogP contribution in [0.3, 0.4) is 0 Å². The monoisotopic (exact) mass is 436 g/mol. The van der Waals surface area contributed by atoms with Crippen LogP contribution in [0.5, 0.6) is 0 Å². The maximum absolute atomic E-state index is 12.9. The molecule has 4 aliphatic carbocycles. The zero-order valence-electron chi connectivity index (χ0n) is 17.6. The molecular weight excluding hydrogens is 408 g/mol. The number of fused-ring (bicyclic) bond motifs is 5. The van der Waals surface area contributed by atoms with Crippen LogP contribution < -0.4 is 0 Å². The lowest BCUT2D eigenvalue weighted by Crippen LogP contribution is -2.63. The van der Waals surface area contributed by atoms with Gasteiger partial charge in [-0.2, -0.15) is 0 Å². The van der Waals surface area contributed by atoms with E-state index in [0.29, 0.717) is 12.8 Å². The van der Waals surface area contributed by atoms with Crippen molar-refractivity contribution >= 4 is 29.1 Å². The number of methoxy groups -OCH3 is 1. The summed E-state index contributed by atoms with van der Waals surface area (Å²) in [5.41, 5.74) is -2.42. The highest BCUT2D eigenvalue weighted by molar-refractivity contribution is 6.29. The summed E-state index contributed by atoms with van der Waals surface area (Å²) in [6, 6.07) is 0. The molecule has 2 N–H and O–H groups in total. The number of esters is 1. The molecule has 0 heterocycles. The predicted octanol–water partition coefficient (Wildman–Crippen LogP) is 2.20. The molecule has 0 bridgehead atoms. The smallest absolute Gasteiger partial charge is 0.312 e. The Morgan fingerprint density at radius 2 is 2.03 bits per heavy atom. The number of hydrogen-bond acceptors (Lipinski definition) is 6. The van der Waals surface area contributed by atoms with E-state index >= 15 is 0 Å². The van der Waals surface area contributed by atoms with Crippen molar-refractivity contribution in [1.82, 2.24) is 0 Å². The number of carbonyl (C=O) groups is 3. The van der Waals surface area contributed by atoms with Gasteiger partial charge in [0, 0.05) is 16.7 Å². The zero-order chi connectivity index (χ0) is 22.1. The van der Waals surface area contributed by atoms with Gasteiger partial charge in [-0.25, -0.2) is 0 Å².